The van der Waals surface area contributed by atoms with E-state index in [0.29, 0.717) is 13.0 Å². The molecule has 13 atom stereocenters. The number of ether oxygens (including phenoxy) is 5. The van der Waals surface area contributed by atoms with Crippen LogP contribution in [0, 0.1) is 23.7 Å². The number of nitrogens with one attached hydrogen (secondary N) is 1. The normalized spacial score (nSPS) is 35.1. The fourth-order valence-electron chi connectivity index (χ4n) is 9.20. The third kappa shape index (κ3) is 11.9. The number of unbranched alkanes of at least 4 members (excludes halogenated alkanes) is 1. The molecule has 0 radical (unpaired) electrons. The summed E-state index contributed by atoms with van der Waals surface area (Å²) in [6.07, 6.45) is 5.50. The fourth-order valence-corrected chi connectivity index (χ4v) is 9.20. The summed E-state index contributed by atoms with van der Waals surface area (Å²) in [5, 5.41) is 15.1. The molecule has 0 aliphatic carbocycles. The van der Waals surface area contributed by atoms with Gasteiger partial charge in [-0.15, -0.1) is 0 Å². The Labute approximate surface area is 356 Å². The predicted octanol–water partition coefficient (Wildman–Crippen LogP) is 5.02. The van der Waals surface area contributed by atoms with E-state index < -0.39 is 83.2 Å². The van der Waals surface area contributed by atoms with Gasteiger partial charge in [0.05, 0.1) is 35.9 Å². The monoisotopic (exact) mass is 842 g/mol. The van der Waals surface area contributed by atoms with Gasteiger partial charge in [0, 0.05) is 69.0 Å². The molecular weight excluding hydrogens is 771 g/mol. The maximum atomic E-state index is 14.4. The van der Waals surface area contributed by atoms with Crippen LogP contribution in [0.5, 0.6) is 0 Å². The SMILES string of the molecule is CC[C@H]1OC(=O)C(C)C(=O)[C@H](C)[C@@H](OC2OC(C)CC(N(C)C)[C@H]2O)[C@](C)(OC)C[C@@H](C)C(=O)CC(C)C(NCCCCn2cnc(-c3cccnc3)c2)[C@]1(C)OC(C)=O. The molecule has 4 rings (SSSR count). The van der Waals surface area contributed by atoms with E-state index in [2.05, 4.69) is 15.3 Å². The summed E-state index contributed by atoms with van der Waals surface area (Å²) in [5.74, 6) is -5.05. The Bertz CT molecular complexity index is 1720. The Balaban J connectivity index is 1.64. The second kappa shape index (κ2) is 21.5. The number of ketones is 2. The molecule has 15 nitrogen and oxygen atoms in total. The van der Waals surface area contributed by atoms with Crippen LogP contribution in [0.25, 0.3) is 11.3 Å². The molecule has 0 spiro atoms. The van der Waals surface area contributed by atoms with Gasteiger partial charge in [0.1, 0.15) is 23.9 Å². The summed E-state index contributed by atoms with van der Waals surface area (Å²) < 4.78 is 33.3. The van der Waals surface area contributed by atoms with E-state index in [1.165, 1.54) is 21.0 Å². The zero-order valence-corrected chi connectivity index (χ0v) is 37.9. The topological polar surface area (TPSA) is 181 Å². The van der Waals surface area contributed by atoms with E-state index >= 15 is 0 Å². The van der Waals surface area contributed by atoms with E-state index in [4.69, 9.17) is 23.7 Å². The number of nitrogens with zero attached hydrogens (tertiary/aromatic N) is 4. The number of pyridine rings is 1. The summed E-state index contributed by atoms with van der Waals surface area (Å²) in [7, 11) is 5.25. The number of imidazole rings is 1. The van der Waals surface area contributed by atoms with Crippen LogP contribution in [0.15, 0.2) is 37.1 Å². The second-order valence-electron chi connectivity index (χ2n) is 17.8. The highest BCUT2D eigenvalue weighted by molar-refractivity contribution is 6.00. The summed E-state index contributed by atoms with van der Waals surface area (Å²) in [5.41, 5.74) is -0.882. The number of carbonyl (C=O) groups is 4. The first-order chi connectivity index (χ1) is 28.3. The molecule has 0 amide bonds. The van der Waals surface area contributed by atoms with Gasteiger partial charge >= 0.3 is 11.9 Å². The quantitative estimate of drug-likeness (QED) is 0.156. The van der Waals surface area contributed by atoms with E-state index in [9.17, 15) is 24.3 Å². The lowest BCUT2D eigenvalue weighted by Gasteiger charge is -2.46. The minimum atomic E-state index is -1.42. The number of aliphatic hydroxyl groups is 1. The van der Waals surface area contributed by atoms with E-state index in [-0.39, 0.29) is 37.2 Å². The third-order valence-corrected chi connectivity index (χ3v) is 12.7. The Hall–Kier alpha value is -3.60. The molecule has 336 valence electrons. The van der Waals surface area contributed by atoms with Crippen molar-refractivity contribution in [2.24, 2.45) is 23.7 Å². The molecule has 0 bridgehead atoms. The molecule has 2 aliphatic heterocycles. The standard InChI is InChI=1S/C45H71N5O10/c1-13-37-45(9,60-32(7)51)40(47-19-14-15-20-50-25-34(48-26-50)33-17-16-18-46-24-33)27(2)21-36(52)28(3)23-44(8,56-12)41(30(5)38(53)31(6)42(55)58-37)59-43-39(54)35(49(10)11)22-29(4)57-43/h16-18,24-31,35,37,39-41,43,47,54H,13-15,19-23H2,1-12H3/t27?,28-,29?,30+,31?,35?,37-,39-,40?,41-,43?,44-,45-/m1/s1. The number of Topliss-reactive ketones (excluding diaryl/α,β-unsaturated/α-hetero) is 2. The molecule has 2 aromatic heterocycles. The maximum Gasteiger partial charge on any atom is 0.316 e. The summed E-state index contributed by atoms with van der Waals surface area (Å²) >= 11 is 0. The zero-order chi connectivity index (χ0) is 44.5. The smallest absolute Gasteiger partial charge is 0.316 e. The highest BCUT2D eigenvalue weighted by Crippen LogP contribution is 2.38. The van der Waals surface area contributed by atoms with Gasteiger partial charge in [-0.2, -0.15) is 0 Å². The molecule has 0 aromatic carbocycles. The van der Waals surface area contributed by atoms with Crippen LogP contribution in [0.3, 0.4) is 0 Å². The average molecular weight is 842 g/mol. The van der Waals surface area contributed by atoms with Gasteiger partial charge < -0.3 is 43.6 Å². The van der Waals surface area contributed by atoms with Crippen LogP contribution in [-0.2, 0) is 49.4 Å². The van der Waals surface area contributed by atoms with Crippen LogP contribution in [0.2, 0.25) is 0 Å². The summed E-state index contributed by atoms with van der Waals surface area (Å²) in [6.45, 7) is 16.7. The number of hydrogen-bond donors (Lipinski definition) is 2. The lowest BCUT2D eigenvalue weighted by molar-refractivity contribution is -0.295. The van der Waals surface area contributed by atoms with Gasteiger partial charge in [0.2, 0.25) is 0 Å². The summed E-state index contributed by atoms with van der Waals surface area (Å²) in [6, 6.07) is 2.93. The predicted molar refractivity (Wildman–Crippen MR) is 225 cm³/mol. The van der Waals surface area contributed by atoms with Crippen molar-refractivity contribution in [1.82, 2.24) is 24.8 Å². The zero-order valence-electron chi connectivity index (χ0n) is 37.9. The lowest BCUT2D eigenvalue weighted by Crippen LogP contribution is -2.62. The Morgan fingerprint density at radius 3 is 2.45 bits per heavy atom. The van der Waals surface area contributed by atoms with E-state index in [1.54, 1.807) is 39.5 Å². The number of aliphatic hydroxyl groups excluding tert-OH is 1. The van der Waals surface area contributed by atoms with Crippen molar-refractivity contribution >= 4 is 23.5 Å². The van der Waals surface area contributed by atoms with Crippen molar-refractivity contribution in [1.29, 1.82) is 0 Å². The van der Waals surface area contributed by atoms with E-state index in [1.807, 2.05) is 69.6 Å². The molecular formula is C45H71N5O10. The number of aryl methyl sites for hydroxylation is 1. The molecule has 15 heteroatoms. The van der Waals surface area contributed by atoms with Crippen molar-refractivity contribution in [3.63, 3.8) is 0 Å². The van der Waals surface area contributed by atoms with Crippen molar-refractivity contribution in [3.05, 3.63) is 37.1 Å². The van der Waals surface area contributed by atoms with Gasteiger partial charge in [-0.1, -0.05) is 27.7 Å². The number of rotatable bonds is 13. The first-order valence-electron chi connectivity index (χ1n) is 21.6. The second-order valence-corrected chi connectivity index (χ2v) is 17.8. The molecule has 60 heavy (non-hydrogen) atoms. The third-order valence-electron chi connectivity index (χ3n) is 12.7. The van der Waals surface area contributed by atoms with Gasteiger partial charge in [-0.25, -0.2) is 4.98 Å². The molecule has 4 heterocycles. The first kappa shape index (κ1) is 49.1. The van der Waals surface area contributed by atoms with Crippen molar-refractivity contribution in [2.75, 3.05) is 27.7 Å². The van der Waals surface area contributed by atoms with Crippen molar-refractivity contribution in [2.45, 2.75) is 161 Å². The minimum Gasteiger partial charge on any atom is -0.458 e. The molecule has 6 unspecified atom stereocenters. The number of esters is 2. The van der Waals surface area contributed by atoms with Crippen molar-refractivity contribution in [3.8, 4) is 11.3 Å². The first-order valence-corrected chi connectivity index (χ1v) is 21.6. The molecule has 2 fully saturated rings. The number of cyclic esters (lactones) is 1. The Kier molecular flexibility index (Phi) is 17.5. The number of hydrogen-bond acceptors (Lipinski definition) is 14. The minimum absolute atomic E-state index is 0.0615. The molecule has 2 aromatic rings. The molecule has 2 N–H and O–H groups in total. The average Bonchev–Trinajstić information content (AvgIpc) is 3.68. The number of likely N-dealkylation sites (N-methyl/N-ethyl adjacent to an activating group) is 1. The molecule has 2 aliphatic rings. The van der Waals surface area contributed by atoms with Crippen LogP contribution in [0.1, 0.15) is 101 Å². The largest absolute Gasteiger partial charge is 0.458 e. The van der Waals surface area contributed by atoms with Gasteiger partial charge in [-0.3, -0.25) is 24.2 Å². The van der Waals surface area contributed by atoms with Crippen LogP contribution >= 0.6 is 0 Å². The number of aromatic nitrogens is 3. The number of carbonyl (C=O) groups excluding carboxylic acids is 4. The van der Waals surface area contributed by atoms with Crippen LogP contribution < -0.4 is 5.32 Å². The fraction of sp³-hybridized carbons (Fsp3) is 0.733. The van der Waals surface area contributed by atoms with Crippen LogP contribution in [0.4, 0.5) is 0 Å². The van der Waals surface area contributed by atoms with Crippen molar-refractivity contribution < 1.29 is 48.0 Å². The molecule has 0 saturated carbocycles. The van der Waals surface area contributed by atoms with Gasteiger partial charge in [-0.05, 0) is 98.5 Å². The van der Waals surface area contributed by atoms with Gasteiger partial charge in [0.15, 0.2) is 17.7 Å². The Morgan fingerprint density at radius 2 is 1.83 bits per heavy atom. The molecule has 2 saturated heterocycles. The highest BCUT2D eigenvalue weighted by atomic mass is 16.7. The van der Waals surface area contributed by atoms with E-state index in [0.717, 1.165) is 30.6 Å². The maximum absolute atomic E-state index is 14.4. The number of methoxy groups -OCH3 is 1. The highest BCUT2D eigenvalue weighted by Gasteiger charge is 2.52. The lowest BCUT2D eigenvalue weighted by atomic mass is 9.75. The summed E-state index contributed by atoms with van der Waals surface area (Å²) in [4.78, 5) is 66.3. The van der Waals surface area contributed by atoms with Crippen LogP contribution in [-0.4, -0.2) is 130 Å². The van der Waals surface area contributed by atoms with Gasteiger partial charge in [0.25, 0.3) is 0 Å². The Morgan fingerprint density at radius 1 is 1.12 bits per heavy atom.